The van der Waals surface area contributed by atoms with Crippen LogP contribution in [0.3, 0.4) is 0 Å². The van der Waals surface area contributed by atoms with Crippen LogP contribution in [0, 0.1) is 0 Å². The first kappa shape index (κ1) is 11.8. The van der Waals surface area contributed by atoms with Gasteiger partial charge < -0.3 is 0 Å². The third kappa shape index (κ3) is 3.73. The van der Waals surface area contributed by atoms with Crippen LogP contribution in [0.1, 0.15) is 0 Å². The highest BCUT2D eigenvalue weighted by Crippen LogP contribution is 2.27. The van der Waals surface area contributed by atoms with Gasteiger partial charge in [-0.2, -0.15) is 25.7 Å². The monoisotopic (exact) mass is 261 g/mol. The summed E-state index contributed by atoms with van der Waals surface area (Å²) < 4.78 is 41.1. The zero-order chi connectivity index (χ0) is 11.1. The topological polar surface area (TPSA) is 88.3 Å². The van der Waals surface area contributed by atoms with Gasteiger partial charge >= 0.3 is 0 Å². The molecule has 0 aliphatic carbocycles. The molecule has 0 atom stereocenters. The van der Waals surface area contributed by atoms with Crippen LogP contribution < -0.4 is 0 Å². The molecule has 0 aromatic heterocycles. The van der Waals surface area contributed by atoms with Crippen molar-refractivity contribution in [3.05, 3.63) is 18.2 Å². The van der Waals surface area contributed by atoms with Crippen LogP contribution in [0.4, 0.5) is 17.1 Å². The Morgan fingerprint density at radius 2 is 0.933 bits per heavy atom. The Kier molecular flexibility index (Phi) is 4.87. The second-order valence-electron chi connectivity index (χ2n) is 2.21. The van der Waals surface area contributed by atoms with Gasteiger partial charge in [0.1, 0.15) is 0 Å². The average Bonchev–Trinajstić information content (AvgIpc) is 2.19. The lowest BCUT2D eigenvalue weighted by molar-refractivity contribution is 0.697. The molecule has 0 aliphatic rings. The molecule has 78 valence electrons. The summed E-state index contributed by atoms with van der Waals surface area (Å²) in [5.74, 6) is 0. The highest BCUT2D eigenvalue weighted by molar-refractivity contribution is 7.55. The van der Waals surface area contributed by atoms with Crippen LogP contribution >= 0.6 is 0 Å². The maximum absolute atomic E-state index is 10.2. The van der Waals surface area contributed by atoms with Crippen molar-refractivity contribution in [1.82, 2.24) is 0 Å². The molecule has 1 rings (SSSR count). The van der Waals surface area contributed by atoms with Crippen LogP contribution in [-0.2, 0) is 34.4 Å². The van der Waals surface area contributed by atoms with Gasteiger partial charge in [0.15, 0.2) is 0 Å². The minimum absolute atomic E-state index is 0.0301. The molecule has 0 fully saturated rings. The van der Waals surface area contributed by atoms with Crippen LogP contribution in [0.2, 0.25) is 0 Å². The van der Waals surface area contributed by atoms with Crippen molar-refractivity contribution in [1.29, 1.82) is 0 Å². The van der Waals surface area contributed by atoms with Crippen molar-refractivity contribution in [3.63, 3.8) is 0 Å². The second-order valence-corrected chi connectivity index (χ2v) is 3.20. The molecule has 15 heavy (non-hydrogen) atoms. The average molecular weight is 261 g/mol. The van der Waals surface area contributed by atoms with Gasteiger partial charge in [-0.1, -0.05) is 0 Å². The fourth-order valence-corrected chi connectivity index (χ4v) is 1.44. The lowest BCUT2D eigenvalue weighted by Crippen LogP contribution is -1.67. The molecule has 0 bridgehead atoms. The smallest absolute Gasteiger partial charge is 0.191 e. The lowest BCUT2D eigenvalue weighted by atomic mass is 10.2. The van der Waals surface area contributed by atoms with E-state index in [1.165, 1.54) is 18.2 Å². The maximum Gasteiger partial charge on any atom is 0.205 e. The highest BCUT2D eigenvalue weighted by Gasteiger charge is 1.99. The van der Waals surface area contributed by atoms with Gasteiger partial charge in [-0.05, 0) is 18.2 Å². The Morgan fingerprint density at radius 1 is 0.667 bits per heavy atom. The summed E-state index contributed by atoms with van der Waals surface area (Å²) in [4.78, 5) is 0. The van der Waals surface area contributed by atoms with Gasteiger partial charge in [-0.25, -0.2) is 0 Å². The Labute approximate surface area is 95.5 Å². The Bertz CT molecular complexity index is 439. The normalized spacial score (nSPS) is 8.80. The largest absolute Gasteiger partial charge is 0.205 e. The van der Waals surface area contributed by atoms with Crippen molar-refractivity contribution < 1.29 is 12.6 Å². The van der Waals surface area contributed by atoms with Gasteiger partial charge in [0.25, 0.3) is 0 Å². The fraction of sp³-hybridized carbons (Fsp3) is 0. The molecule has 0 radical (unpaired) electrons. The SMILES string of the molecule is O=S=Nc1cc(N=S=O)cc(N=S=O)c1. The molecule has 0 saturated carbocycles. The van der Waals surface area contributed by atoms with E-state index in [9.17, 15) is 12.6 Å². The summed E-state index contributed by atoms with van der Waals surface area (Å²) in [6.45, 7) is 0. The number of rotatable bonds is 3. The molecule has 0 spiro atoms. The molecule has 1 aromatic carbocycles. The molecular weight excluding hydrogens is 258 g/mol. The highest BCUT2D eigenvalue weighted by atomic mass is 32.1. The van der Waals surface area contributed by atoms with Gasteiger partial charge in [-0.15, -0.1) is 0 Å². The van der Waals surface area contributed by atoms with E-state index in [1.807, 2.05) is 0 Å². The molecule has 0 saturated heterocycles. The van der Waals surface area contributed by atoms with E-state index in [0.29, 0.717) is 17.1 Å². The summed E-state index contributed by atoms with van der Waals surface area (Å²) in [6.07, 6.45) is 0. The minimum atomic E-state index is 0.0301. The van der Waals surface area contributed by atoms with Crippen molar-refractivity contribution in [2.75, 3.05) is 0 Å². The fourth-order valence-electron chi connectivity index (χ4n) is 0.867. The summed E-state index contributed by atoms with van der Waals surface area (Å²) in [6, 6.07) is 4.35. The van der Waals surface area contributed by atoms with Gasteiger partial charge in [-0.3, -0.25) is 0 Å². The van der Waals surface area contributed by atoms with Gasteiger partial charge in [0, 0.05) is 0 Å². The summed E-state index contributed by atoms with van der Waals surface area (Å²) in [5, 5.41) is 0. The molecule has 0 N–H and O–H groups in total. The molecule has 1 aromatic rings. The number of hydrogen-bond donors (Lipinski definition) is 0. The first-order valence-electron chi connectivity index (χ1n) is 3.45. The van der Waals surface area contributed by atoms with E-state index in [1.54, 1.807) is 0 Å². The lowest BCUT2D eigenvalue weighted by Gasteiger charge is -1.95. The van der Waals surface area contributed by atoms with Crippen molar-refractivity contribution in [2.45, 2.75) is 0 Å². The summed E-state index contributed by atoms with van der Waals surface area (Å²) >= 11 is 0.0903. The van der Waals surface area contributed by atoms with E-state index in [0.717, 1.165) is 0 Å². The first-order valence-corrected chi connectivity index (χ1v) is 5.55. The number of hydrogen-bond acceptors (Lipinski definition) is 6. The van der Waals surface area contributed by atoms with E-state index in [-0.39, 0.29) is 34.4 Å². The summed E-state index contributed by atoms with van der Waals surface area (Å²) in [7, 11) is 0. The van der Waals surface area contributed by atoms with Crippen LogP contribution in [0.15, 0.2) is 31.3 Å². The summed E-state index contributed by atoms with van der Waals surface area (Å²) in [5.41, 5.74) is 0.953. The quantitative estimate of drug-likeness (QED) is 0.830. The van der Waals surface area contributed by atoms with Crippen molar-refractivity contribution in [3.8, 4) is 0 Å². The second kappa shape index (κ2) is 6.22. The molecule has 9 heteroatoms. The molecule has 0 aliphatic heterocycles. The van der Waals surface area contributed by atoms with E-state index >= 15 is 0 Å². The molecule has 0 unspecified atom stereocenters. The molecule has 0 amide bonds. The molecular formula is C6H3N3O3S3. The van der Waals surface area contributed by atoms with Gasteiger partial charge in [0.2, 0.25) is 34.4 Å². The Balaban J connectivity index is 3.36. The number of benzene rings is 1. The van der Waals surface area contributed by atoms with Crippen molar-refractivity contribution >= 4 is 51.5 Å². The van der Waals surface area contributed by atoms with Crippen LogP contribution in [0.25, 0.3) is 0 Å². The number of nitrogens with zero attached hydrogens (tertiary/aromatic N) is 3. The van der Waals surface area contributed by atoms with E-state index in [2.05, 4.69) is 13.1 Å². The van der Waals surface area contributed by atoms with E-state index < -0.39 is 0 Å². The van der Waals surface area contributed by atoms with Gasteiger partial charge in [0.05, 0.1) is 17.1 Å². The zero-order valence-electron chi connectivity index (χ0n) is 7.02. The van der Waals surface area contributed by atoms with Crippen LogP contribution in [-0.4, -0.2) is 12.6 Å². The minimum Gasteiger partial charge on any atom is -0.191 e. The van der Waals surface area contributed by atoms with Crippen LogP contribution in [0.5, 0.6) is 0 Å². The Morgan fingerprint density at radius 3 is 1.13 bits per heavy atom. The third-order valence-electron chi connectivity index (χ3n) is 1.32. The third-order valence-corrected chi connectivity index (χ3v) is 2.17. The molecule has 6 nitrogen and oxygen atoms in total. The maximum atomic E-state index is 10.2. The van der Waals surface area contributed by atoms with Crippen molar-refractivity contribution in [2.24, 2.45) is 13.1 Å². The predicted octanol–water partition coefficient (Wildman–Crippen LogP) is 1.77. The molecule has 0 heterocycles. The first-order chi connectivity index (χ1) is 7.30. The predicted molar refractivity (Wildman–Crippen MR) is 57.1 cm³/mol. The Hall–Kier alpha value is -1.32. The zero-order valence-corrected chi connectivity index (χ0v) is 9.47. The van der Waals surface area contributed by atoms with E-state index in [4.69, 9.17) is 0 Å². The standard InChI is InChI=1S/C6H3N3O3S3/c10-13-7-4-1-5(8-14-11)3-6(2-4)9-15-12/h1-3H.